The average molecular weight is 298 g/mol. The van der Waals surface area contributed by atoms with Gasteiger partial charge in [-0.05, 0) is 19.6 Å². The largest absolute Gasteiger partial charge is 0.339 e. The van der Waals surface area contributed by atoms with E-state index in [0.717, 1.165) is 55.8 Å². The third-order valence-electron chi connectivity index (χ3n) is 3.89. The Kier molecular flexibility index (Phi) is 6.32. The molecule has 6 heteroatoms. The van der Waals surface area contributed by atoms with Crippen molar-refractivity contribution in [2.24, 2.45) is 0 Å². The van der Waals surface area contributed by atoms with Gasteiger partial charge in [0.2, 0.25) is 5.89 Å². The van der Waals surface area contributed by atoms with Crippen LogP contribution in [-0.4, -0.2) is 58.8 Å². The van der Waals surface area contributed by atoms with Gasteiger partial charge in [0.05, 0.1) is 5.92 Å². The summed E-state index contributed by atoms with van der Waals surface area (Å²) in [4.78, 5) is 6.99. The molecule has 0 radical (unpaired) electrons. The van der Waals surface area contributed by atoms with Crippen molar-refractivity contribution in [3.8, 4) is 0 Å². The number of rotatable bonds is 8. The number of likely N-dealkylation sites (N-methyl/N-ethyl adjacent to an activating group) is 2. The summed E-state index contributed by atoms with van der Waals surface area (Å²) >= 11 is 1.96. The molecule has 114 valence electrons. The molecule has 20 heavy (non-hydrogen) atoms. The SMILES string of the molecule is CCNC1CSCC1c1nc(CCN(CC)CC)no1. The second kappa shape index (κ2) is 8.00. The zero-order valence-corrected chi connectivity index (χ0v) is 13.6. The fraction of sp³-hybridized carbons (Fsp3) is 0.857. The fourth-order valence-corrected chi connectivity index (χ4v) is 3.95. The Balaban J connectivity index is 1.91. The molecule has 1 aromatic rings. The molecule has 2 rings (SSSR count). The Hall–Kier alpha value is -0.590. The van der Waals surface area contributed by atoms with E-state index in [2.05, 4.69) is 41.1 Å². The predicted molar refractivity (Wildman–Crippen MR) is 83.3 cm³/mol. The summed E-state index contributed by atoms with van der Waals surface area (Å²) in [6.45, 7) is 10.6. The second-order valence-corrected chi connectivity index (χ2v) is 6.21. The van der Waals surface area contributed by atoms with Gasteiger partial charge in [0.1, 0.15) is 0 Å². The Bertz CT molecular complexity index is 394. The van der Waals surface area contributed by atoms with Gasteiger partial charge in [0.15, 0.2) is 5.82 Å². The molecular formula is C14H26N4OS. The van der Waals surface area contributed by atoms with Gasteiger partial charge >= 0.3 is 0 Å². The molecular weight excluding hydrogens is 272 g/mol. The van der Waals surface area contributed by atoms with Gasteiger partial charge in [-0.15, -0.1) is 0 Å². The molecule has 1 aliphatic rings. The topological polar surface area (TPSA) is 54.2 Å². The summed E-state index contributed by atoms with van der Waals surface area (Å²) in [5.41, 5.74) is 0. The van der Waals surface area contributed by atoms with Crippen molar-refractivity contribution < 1.29 is 4.52 Å². The van der Waals surface area contributed by atoms with Crippen LogP contribution in [0.1, 0.15) is 38.4 Å². The first-order chi connectivity index (χ1) is 9.78. The van der Waals surface area contributed by atoms with Crippen LogP contribution < -0.4 is 5.32 Å². The second-order valence-electron chi connectivity index (χ2n) is 5.13. The molecule has 2 unspecified atom stereocenters. The molecule has 1 saturated heterocycles. The lowest BCUT2D eigenvalue weighted by Crippen LogP contribution is -2.34. The third-order valence-corrected chi connectivity index (χ3v) is 5.08. The minimum absolute atomic E-state index is 0.370. The highest BCUT2D eigenvalue weighted by Crippen LogP contribution is 2.31. The predicted octanol–water partition coefficient (Wildman–Crippen LogP) is 1.76. The standard InChI is InChI=1S/C14H26N4OS/c1-4-15-12-10-20-9-11(12)14-16-13(17-19-14)7-8-18(5-2)6-3/h11-12,15H,4-10H2,1-3H3. The van der Waals surface area contributed by atoms with Crippen LogP contribution in [0.3, 0.4) is 0 Å². The number of thioether (sulfide) groups is 1. The molecule has 1 aromatic heterocycles. The Morgan fingerprint density at radius 3 is 2.80 bits per heavy atom. The Labute approximate surface area is 125 Å². The zero-order chi connectivity index (χ0) is 14.4. The fourth-order valence-electron chi connectivity index (χ4n) is 2.58. The Morgan fingerprint density at radius 1 is 1.30 bits per heavy atom. The van der Waals surface area contributed by atoms with E-state index in [4.69, 9.17) is 4.52 Å². The Morgan fingerprint density at radius 2 is 2.10 bits per heavy atom. The van der Waals surface area contributed by atoms with E-state index in [0.29, 0.717) is 12.0 Å². The third kappa shape index (κ3) is 3.96. The van der Waals surface area contributed by atoms with E-state index in [1.807, 2.05) is 11.8 Å². The van der Waals surface area contributed by atoms with Crippen molar-refractivity contribution in [2.75, 3.05) is 37.7 Å². The molecule has 0 amide bonds. The van der Waals surface area contributed by atoms with Crippen LogP contribution in [0.5, 0.6) is 0 Å². The summed E-state index contributed by atoms with van der Waals surface area (Å²) in [5, 5.41) is 7.66. The van der Waals surface area contributed by atoms with Gasteiger partial charge in [0, 0.05) is 30.5 Å². The van der Waals surface area contributed by atoms with Gasteiger partial charge in [-0.3, -0.25) is 0 Å². The summed E-state index contributed by atoms with van der Waals surface area (Å²) in [5.74, 6) is 4.24. The van der Waals surface area contributed by atoms with Crippen molar-refractivity contribution in [1.29, 1.82) is 0 Å². The molecule has 5 nitrogen and oxygen atoms in total. The van der Waals surface area contributed by atoms with E-state index < -0.39 is 0 Å². The van der Waals surface area contributed by atoms with Gasteiger partial charge in [-0.1, -0.05) is 25.9 Å². The first-order valence-corrected chi connectivity index (χ1v) is 8.79. The van der Waals surface area contributed by atoms with Crippen LogP contribution in [0.4, 0.5) is 0 Å². The highest BCUT2D eigenvalue weighted by molar-refractivity contribution is 7.99. The number of aromatic nitrogens is 2. The average Bonchev–Trinajstić information content (AvgIpc) is 3.09. The first kappa shape index (κ1) is 15.8. The lowest BCUT2D eigenvalue weighted by Gasteiger charge is -2.16. The molecule has 0 aromatic carbocycles. The number of nitrogens with one attached hydrogen (secondary N) is 1. The van der Waals surface area contributed by atoms with Crippen LogP contribution in [0.25, 0.3) is 0 Å². The van der Waals surface area contributed by atoms with E-state index >= 15 is 0 Å². The maximum Gasteiger partial charge on any atom is 0.232 e. The summed E-state index contributed by atoms with van der Waals surface area (Å²) < 4.78 is 5.49. The van der Waals surface area contributed by atoms with Crippen molar-refractivity contribution in [2.45, 2.75) is 39.2 Å². The van der Waals surface area contributed by atoms with Gasteiger partial charge < -0.3 is 14.7 Å². The molecule has 2 atom stereocenters. The number of nitrogens with zero attached hydrogens (tertiary/aromatic N) is 3. The molecule has 1 N–H and O–H groups in total. The van der Waals surface area contributed by atoms with Gasteiger partial charge in [-0.25, -0.2) is 0 Å². The van der Waals surface area contributed by atoms with E-state index in [1.54, 1.807) is 0 Å². The van der Waals surface area contributed by atoms with Crippen LogP contribution >= 0.6 is 11.8 Å². The highest BCUT2D eigenvalue weighted by atomic mass is 32.2. The molecule has 0 saturated carbocycles. The zero-order valence-electron chi connectivity index (χ0n) is 12.8. The summed E-state index contributed by atoms with van der Waals surface area (Å²) in [7, 11) is 0. The molecule has 0 aliphatic carbocycles. The van der Waals surface area contributed by atoms with Crippen molar-refractivity contribution in [1.82, 2.24) is 20.4 Å². The van der Waals surface area contributed by atoms with Crippen LogP contribution in [-0.2, 0) is 6.42 Å². The molecule has 0 spiro atoms. The van der Waals surface area contributed by atoms with Crippen LogP contribution in [0.2, 0.25) is 0 Å². The first-order valence-electron chi connectivity index (χ1n) is 7.64. The van der Waals surface area contributed by atoms with Crippen LogP contribution in [0.15, 0.2) is 4.52 Å². The normalized spacial score (nSPS) is 22.8. The molecule has 2 heterocycles. The van der Waals surface area contributed by atoms with Crippen molar-refractivity contribution >= 4 is 11.8 Å². The number of hydrogen-bond acceptors (Lipinski definition) is 6. The monoisotopic (exact) mass is 298 g/mol. The van der Waals surface area contributed by atoms with E-state index in [1.165, 1.54) is 0 Å². The number of hydrogen-bond donors (Lipinski definition) is 1. The van der Waals surface area contributed by atoms with Gasteiger partial charge in [0.25, 0.3) is 0 Å². The minimum atomic E-state index is 0.370. The smallest absolute Gasteiger partial charge is 0.232 e. The van der Waals surface area contributed by atoms with E-state index in [9.17, 15) is 0 Å². The summed E-state index contributed by atoms with van der Waals surface area (Å²) in [6, 6.07) is 0.473. The summed E-state index contributed by atoms with van der Waals surface area (Å²) in [6.07, 6.45) is 0.872. The minimum Gasteiger partial charge on any atom is -0.339 e. The lowest BCUT2D eigenvalue weighted by molar-refractivity contribution is 0.301. The molecule has 1 fully saturated rings. The maximum atomic E-state index is 5.49. The quantitative estimate of drug-likeness (QED) is 0.789. The van der Waals surface area contributed by atoms with Crippen molar-refractivity contribution in [3.63, 3.8) is 0 Å². The van der Waals surface area contributed by atoms with Gasteiger partial charge in [-0.2, -0.15) is 16.7 Å². The van der Waals surface area contributed by atoms with Crippen LogP contribution in [0, 0.1) is 0 Å². The maximum absolute atomic E-state index is 5.49. The van der Waals surface area contributed by atoms with E-state index in [-0.39, 0.29) is 0 Å². The highest BCUT2D eigenvalue weighted by Gasteiger charge is 2.32. The molecule has 0 bridgehead atoms. The van der Waals surface area contributed by atoms with Crippen molar-refractivity contribution in [3.05, 3.63) is 11.7 Å². The lowest BCUT2D eigenvalue weighted by atomic mass is 10.0. The molecule has 1 aliphatic heterocycles.